The Bertz CT molecular complexity index is 663. The largest absolute Gasteiger partial charge is 0.381 e. The molecule has 2 heterocycles. The lowest BCUT2D eigenvalue weighted by molar-refractivity contribution is 0.592. The van der Waals surface area contributed by atoms with Crippen LogP contribution in [0.5, 0.6) is 0 Å². The molecule has 0 atom stereocenters. The minimum atomic E-state index is -3.85. The maximum atomic E-state index is 12.1. The van der Waals surface area contributed by atoms with Gasteiger partial charge in [-0.25, -0.2) is 9.97 Å². The maximum absolute atomic E-state index is 12.1. The average Bonchev–Trinajstić information content (AvgIpc) is 2.62. The maximum Gasteiger partial charge on any atom is 0.281 e. The fourth-order valence-corrected chi connectivity index (χ4v) is 2.95. The fourth-order valence-electron chi connectivity index (χ4n) is 1.42. The van der Waals surface area contributed by atoms with Gasteiger partial charge < -0.3 is 10.3 Å². The van der Waals surface area contributed by atoms with Gasteiger partial charge in [0.1, 0.15) is 0 Å². The third-order valence-electron chi connectivity index (χ3n) is 2.17. The van der Waals surface area contributed by atoms with Crippen LogP contribution in [0.1, 0.15) is 0 Å². The summed E-state index contributed by atoms with van der Waals surface area (Å²) in [5, 5.41) is -0.0655. The molecule has 0 spiro atoms. The second-order valence-corrected chi connectivity index (χ2v) is 5.45. The number of imidazole rings is 1. The van der Waals surface area contributed by atoms with E-state index in [4.69, 9.17) is 17.3 Å². The zero-order valence-corrected chi connectivity index (χ0v) is 10.9. The van der Waals surface area contributed by atoms with E-state index in [9.17, 15) is 8.42 Å². The summed E-state index contributed by atoms with van der Waals surface area (Å²) in [6.07, 6.45) is 2.77. The molecular formula is C9H10ClN5O2S. The van der Waals surface area contributed by atoms with Gasteiger partial charge >= 0.3 is 0 Å². The quantitative estimate of drug-likeness (QED) is 0.815. The molecule has 0 fully saturated rings. The first-order valence-corrected chi connectivity index (χ1v) is 6.68. The van der Waals surface area contributed by atoms with Gasteiger partial charge in [-0.05, 0) is 12.1 Å². The Hall–Kier alpha value is -1.80. The summed E-state index contributed by atoms with van der Waals surface area (Å²) in [6.45, 7) is 0. The van der Waals surface area contributed by atoms with E-state index in [1.807, 2.05) is 0 Å². The van der Waals surface area contributed by atoms with Gasteiger partial charge in [0.25, 0.3) is 10.0 Å². The highest BCUT2D eigenvalue weighted by molar-refractivity contribution is 7.92. The highest BCUT2D eigenvalue weighted by Crippen LogP contribution is 2.23. The van der Waals surface area contributed by atoms with Crippen LogP contribution < -0.4 is 10.5 Å². The summed E-state index contributed by atoms with van der Waals surface area (Å²) in [5.41, 5.74) is 5.70. The molecule has 3 N–H and O–H groups in total. The number of nitrogen functional groups attached to an aromatic ring is 1. The number of hydrogen-bond donors (Lipinski definition) is 2. The molecule has 0 amide bonds. The van der Waals surface area contributed by atoms with Gasteiger partial charge in [0.2, 0.25) is 0 Å². The molecule has 2 aromatic heterocycles. The molecule has 0 aliphatic carbocycles. The van der Waals surface area contributed by atoms with Crippen molar-refractivity contribution in [1.82, 2.24) is 14.5 Å². The van der Waals surface area contributed by atoms with Crippen molar-refractivity contribution < 1.29 is 8.42 Å². The number of rotatable bonds is 3. The Morgan fingerprint density at radius 3 is 2.72 bits per heavy atom. The lowest BCUT2D eigenvalue weighted by atomic mass is 10.4. The van der Waals surface area contributed by atoms with Crippen molar-refractivity contribution in [3.05, 3.63) is 29.8 Å². The third-order valence-corrected chi connectivity index (χ3v) is 3.96. The predicted molar refractivity (Wildman–Crippen MR) is 67.7 cm³/mol. The second-order valence-electron chi connectivity index (χ2n) is 3.49. The average molecular weight is 288 g/mol. The molecule has 0 radical (unpaired) electrons. The van der Waals surface area contributed by atoms with Gasteiger partial charge in [-0.3, -0.25) is 4.72 Å². The summed E-state index contributed by atoms with van der Waals surface area (Å²) < 4.78 is 27.9. The summed E-state index contributed by atoms with van der Waals surface area (Å²) in [5.74, 6) is -0.0787. The molecule has 0 bridgehead atoms. The van der Waals surface area contributed by atoms with E-state index in [0.29, 0.717) is 0 Å². The van der Waals surface area contributed by atoms with Gasteiger partial charge in [0.05, 0.1) is 12.0 Å². The smallest absolute Gasteiger partial charge is 0.281 e. The van der Waals surface area contributed by atoms with Crippen molar-refractivity contribution in [3.8, 4) is 0 Å². The van der Waals surface area contributed by atoms with Crippen LogP contribution in [0.4, 0.5) is 11.5 Å². The van der Waals surface area contributed by atoms with Gasteiger partial charge in [-0.1, -0.05) is 11.6 Å². The van der Waals surface area contributed by atoms with E-state index in [2.05, 4.69) is 14.7 Å². The molecule has 0 unspecified atom stereocenters. The van der Waals surface area contributed by atoms with Crippen molar-refractivity contribution in [2.45, 2.75) is 5.03 Å². The summed E-state index contributed by atoms with van der Waals surface area (Å²) in [7, 11) is -2.32. The normalized spacial score (nSPS) is 11.4. The second kappa shape index (κ2) is 4.46. The number of sulfonamides is 1. The third kappa shape index (κ3) is 2.24. The van der Waals surface area contributed by atoms with E-state index < -0.39 is 10.0 Å². The van der Waals surface area contributed by atoms with Gasteiger partial charge in [0.15, 0.2) is 16.0 Å². The van der Waals surface area contributed by atoms with Crippen LogP contribution in [0.2, 0.25) is 5.15 Å². The topological polar surface area (TPSA) is 103 Å². The Balaban J connectivity index is 2.43. The van der Waals surface area contributed by atoms with Crippen LogP contribution in [0, 0.1) is 0 Å². The van der Waals surface area contributed by atoms with Crippen LogP contribution >= 0.6 is 11.6 Å². The number of aromatic nitrogens is 3. The van der Waals surface area contributed by atoms with E-state index in [1.54, 1.807) is 6.07 Å². The molecule has 18 heavy (non-hydrogen) atoms. The molecule has 9 heteroatoms. The summed E-state index contributed by atoms with van der Waals surface area (Å²) >= 11 is 5.78. The van der Waals surface area contributed by atoms with E-state index in [-0.39, 0.29) is 21.7 Å². The van der Waals surface area contributed by atoms with Crippen molar-refractivity contribution in [2.24, 2.45) is 7.05 Å². The summed E-state index contributed by atoms with van der Waals surface area (Å²) in [4.78, 5) is 7.49. The lowest BCUT2D eigenvalue weighted by Crippen LogP contribution is -2.18. The zero-order chi connectivity index (χ0) is 13.3. The first-order valence-electron chi connectivity index (χ1n) is 4.82. The van der Waals surface area contributed by atoms with Crippen molar-refractivity contribution in [3.63, 3.8) is 0 Å². The zero-order valence-electron chi connectivity index (χ0n) is 9.33. The molecule has 0 aliphatic rings. The summed E-state index contributed by atoms with van der Waals surface area (Å²) in [6, 6.07) is 3.07. The van der Waals surface area contributed by atoms with Crippen molar-refractivity contribution in [2.75, 3.05) is 10.5 Å². The van der Waals surface area contributed by atoms with E-state index >= 15 is 0 Å². The number of pyridine rings is 1. The highest BCUT2D eigenvalue weighted by atomic mass is 35.5. The molecule has 2 rings (SSSR count). The molecule has 0 aromatic carbocycles. The number of anilines is 2. The number of nitrogens with zero attached hydrogens (tertiary/aromatic N) is 3. The number of nitrogens with two attached hydrogens (primary N) is 1. The molecule has 0 saturated carbocycles. The van der Waals surface area contributed by atoms with Crippen LogP contribution in [-0.4, -0.2) is 23.0 Å². The minimum absolute atomic E-state index is 0.0572. The predicted octanol–water partition coefficient (Wildman–Crippen LogP) is 0.851. The standard InChI is InChI=1S/C9H10ClN5O2S/c1-15-5-13-8(11)9(15)18(16,17)14-6-3-2-4-12-7(6)10/h2-5,14H,11H2,1H3. The Morgan fingerprint density at radius 1 is 1.44 bits per heavy atom. The van der Waals surface area contributed by atoms with Crippen LogP contribution in [0.25, 0.3) is 0 Å². The number of aryl methyl sites for hydroxylation is 1. The highest BCUT2D eigenvalue weighted by Gasteiger charge is 2.23. The van der Waals surface area contributed by atoms with Crippen LogP contribution in [-0.2, 0) is 17.1 Å². The Morgan fingerprint density at radius 2 is 2.17 bits per heavy atom. The molecule has 96 valence electrons. The number of hydrogen-bond acceptors (Lipinski definition) is 5. The number of nitrogens with one attached hydrogen (secondary N) is 1. The molecule has 2 aromatic rings. The van der Waals surface area contributed by atoms with Gasteiger partial charge in [-0.2, -0.15) is 8.42 Å². The first kappa shape index (κ1) is 12.7. The lowest BCUT2D eigenvalue weighted by Gasteiger charge is -2.09. The molecule has 0 saturated heterocycles. The van der Waals surface area contributed by atoms with Crippen LogP contribution in [0.15, 0.2) is 29.7 Å². The fraction of sp³-hybridized carbons (Fsp3) is 0.111. The first-order chi connectivity index (χ1) is 8.42. The van der Waals surface area contributed by atoms with E-state index in [0.717, 1.165) is 0 Å². The monoisotopic (exact) mass is 287 g/mol. The Labute approximate surface area is 109 Å². The Kier molecular flexibility index (Phi) is 3.14. The molecule has 0 aliphatic heterocycles. The molecular weight excluding hydrogens is 278 g/mol. The SMILES string of the molecule is Cn1cnc(N)c1S(=O)(=O)Nc1cccnc1Cl. The van der Waals surface area contributed by atoms with E-state index in [1.165, 1.54) is 30.2 Å². The molecule has 7 nitrogen and oxygen atoms in total. The van der Waals surface area contributed by atoms with Crippen molar-refractivity contribution >= 4 is 33.1 Å². The van der Waals surface area contributed by atoms with Gasteiger partial charge in [0, 0.05) is 13.2 Å². The van der Waals surface area contributed by atoms with Crippen molar-refractivity contribution in [1.29, 1.82) is 0 Å². The van der Waals surface area contributed by atoms with Crippen LogP contribution in [0.3, 0.4) is 0 Å². The number of halogens is 1. The van der Waals surface area contributed by atoms with Gasteiger partial charge in [-0.15, -0.1) is 0 Å². The minimum Gasteiger partial charge on any atom is -0.381 e.